The van der Waals surface area contributed by atoms with Crippen LogP contribution in [0.15, 0.2) is 88.9 Å². The van der Waals surface area contributed by atoms with Crippen molar-refractivity contribution in [3.63, 3.8) is 0 Å². The molecule has 0 atom stereocenters. The minimum absolute atomic E-state index is 0.146. The van der Waals surface area contributed by atoms with Gasteiger partial charge in [0.25, 0.3) is 5.91 Å². The average molecular weight is 480 g/mol. The fourth-order valence-corrected chi connectivity index (χ4v) is 4.68. The Morgan fingerprint density at radius 1 is 1.00 bits per heavy atom. The molecule has 0 aromatic heterocycles. The zero-order valence-corrected chi connectivity index (χ0v) is 20.2. The Bertz CT molecular complexity index is 1210. The Morgan fingerprint density at radius 2 is 1.68 bits per heavy atom. The van der Waals surface area contributed by atoms with Crippen LogP contribution in [-0.2, 0) is 21.2 Å². The third kappa shape index (κ3) is 7.00. The molecule has 0 heterocycles. The molecule has 0 saturated carbocycles. The maximum absolute atomic E-state index is 13.3. The number of hydrogen-bond donors (Lipinski definition) is 1. The number of sulfonamides is 1. The number of nitrogens with zero attached hydrogens (tertiary/aromatic N) is 2. The van der Waals surface area contributed by atoms with E-state index in [1.54, 1.807) is 24.3 Å². The first-order chi connectivity index (χ1) is 16.4. The molecule has 0 fully saturated rings. The second-order valence-corrected chi connectivity index (χ2v) is 9.59. The predicted octanol–water partition coefficient (Wildman–Crippen LogP) is 3.78. The summed E-state index contributed by atoms with van der Waals surface area (Å²) in [5, 5.41) is 4.00. The molecule has 3 rings (SSSR count). The first-order valence-electron chi connectivity index (χ1n) is 11.0. The Labute approximate surface area is 201 Å². The van der Waals surface area contributed by atoms with Crippen molar-refractivity contribution in [2.45, 2.75) is 25.2 Å². The zero-order valence-electron chi connectivity index (χ0n) is 19.3. The van der Waals surface area contributed by atoms with Crippen LogP contribution in [0.1, 0.15) is 23.6 Å². The first kappa shape index (κ1) is 25.1. The second-order valence-electron chi connectivity index (χ2n) is 7.65. The maximum Gasteiger partial charge on any atom is 0.255 e. The van der Waals surface area contributed by atoms with Gasteiger partial charge >= 0.3 is 0 Å². The highest BCUT2D eigenvalue weighted by Gasteiger charge is 2.26. The van der Waals surface area contributed by atoms with Crippen molar-refractivity contribution in [1.82, 2.24) is 9.73 Å². The van der Waals surface area contributed by atoms with Crippen LogP contribution in [0.25, 0.3) is 0 Å². The highest BCUT2D eigenvalue weighted by Crippen LogP contribution is 2.18. The van der Waals surface area contributed by atoms with Crippen LogP contribution < -0.4 is 10.2 Å². The summed E-state index contributed by atoms with van der Waals surface area (Å²) in [6, 6.07) is 23.5. The third-order valence-corrected chi connectivity index (χ3v) is 6.94. The van der Waals surface area contributed by atoms with E-state index < -0.39 is 15.9 Å². The highest BCUT2D eigenvalue weighted by atomic mass is 32.2. The number of amides is 1. The minimum atomic E-state index is -3.87. The van der Waals surface area contributed by atoms with Gasteiger partial charge < -0.3 is 4.74 Å². The zero-order chi connectivity index (χ0) is 24.4. The van der Waals surface area contributed by atoms with Crippen LogP contribution in [-0.4, -0.2) is 44.5 Å². The van der Waals surface area contributed by atoms with Crippen molar-refractivity contribution in [3.8, 4) is 5.75 Å². The standard InChI is InChI=1S/C26H29N3O4S/c1-3-33-25-12-8-7-11-23(25)19-27-28-26(30)20-29(18-17-22-9-5-4-6-10-22)34(31,32)24-15-13-21(2)14-16-24/h4-16,19H,3,17-18,20H2,1-2H3,(H,28,30). The molecular weight excluding hydrogens is 450 g/mol. The number of aryl methyl sites for hydroxylation is 1. The molecule has 0 unspecified atom stereocenters. The SMILES string of the molecule is CCOc1ccccc1C=NNC(=O)CN(CCc1ccccc1)S(=O)(=O)c1ccc(C)cc1. The molecule has 7 nitrogen and oxygen atoms in total. The van der Waals surface area contributed by atoms with Gasteiger partial charge in [0, 0.05) is 12.1 Å². The van der Waals surface area contributed by atoms with E-state index in [-0.39, 0.29) is 18.0 Å². The number of hydrazone groups is 1. The number of benzene rings is 3. The summed E-state index contributed by atoms with van der Waals surface area (Å²) in [6.07, 6.45) is 1.95. The van der Waals surface area contributed by atoms with Crippen molar-refractivity contribution in [2.24, 2.45) is 5.10 Å². The molecule has 0 bridgehead atoms. The van der Waals surface area contributed by atoms with Gasteiger partial charge in [-0.05, 0) is 50.1 Å². The number of nitrogens with one attached hydrogen (secondary N) is 1. The third-order valence-electron chi connectivity index (χ3n) is 5.08. The van der Waals surface area contributed by atoms with Gasteiger partial charge in [0.1, 0.15) is 5.75 Å². The van der Waals surface area contributed by atoms with E-state index in [0.717, 1.165) is 11.1 Å². The summed E-state index contributed by atoms with van der Waals surface area (Å²) >= 11 is 0. The fourth-order valence-electron chi connectivity index (χ4n) is 3.29. The van der Waals surface area contributed by atoms with Crippen LogP contribution in [0.5, 0.6) is 5.75 Å². The van der Waals surface area contributed by atoms with Gasteiger partial charge in [-0.15, -0.1) is 0 Å². The maximum atomic E-state index is 13.3. The molecule has 178 valence electrons. The minimum Gasteiger partial charge on any atom is -0.493 e. The topological polar surface area (TPSA) is 88.1 Å². The van der Waals surface area contributed by atoms with Gasteiger partial charge in [0.05, 0.1) is 24.3 Å². The van der Waals surface area contributed by atoms with Crippen molar-refractivity contribution in [1.29, 1.82) is 0 Å². The Balaban J connectivity index is 1.73. The number of carbonyl (C=O) groups is 1. The van der Waals surface area contributed by atoms with E-state index >= 15 is 0 Å². The molecular formula is C26H29N3O4S. The summed E-state index contributed by atoms with van der Waals surface area (Å²) in [4.78, 5) is 12.8. The van der Waals surface area contributed by atoms with Crippen molar-refractivity contribution >= 4 is 22.1 Å². The predicted molar refractivity (Wildman–Crippen MR) is 133 cm³/mol. The molecule has 3 aromatic carbocycles. The van der Waals surface area contributed by atoms with E-state index in [1.165, 1.54) is 10.5 Å². The Hall–Kier alpha value is -3.49. The Morgan fingerprint density at radius 3 is 2.38 bits per heavy atom. The number of carbonyl (C=O) groups excluding carboxylic acids is 1. The summed E-state index contributed by atoms with van der Waals surface area (Å²) in [7, 11) is -3.87. The van der Waals surface area contributed by atoms with Gasteiger partial charge in [0.2, 0.25) is 10.0 Å². The average Bonchev–Trinajstić information content (AvgIpc) is 2.84. The summed E-state index contributed by atoms with van der Waals surface area (Å²) in [5.74, 6) is 0.114. The van der Waals surface area contributed by atoms with Gasteiger partial charge in [0.15, 0.2) is 0 Å². The van der Waals surface area contributed by atoms with Crippen molar-refractivity contribution in [2.75, 3.05) is 19.7 Å². The molecule has 0 radical (unpaired) electrons. The quantitative estimate of drug-likeness (QED) is 0.335. The molecule has 0 spiro atoms. The lowest BCUT2D eigenvalue weighted by atomic mass is 10.1. The lowest BCUT2D eigenvalue weighted by Crippen LogP contribution is -2.40. The lowest BCUT2D eigenvalue weighted by molar-refractivity contribution is -0.121. The molecule has 34 heavy (non-hydrogen) atoms. The summed E-state index contributed by atoms with van der Waals surface area (Å²) in [6.45, 7) is 4.08. The van der Waals surface area contributed by atoms with E-state index in [4.69, 9.17) is 4.74 Å². The summed E-state index contributed by atoms with van der Waals surface area (Å²) in [5.41, 5.74) is 5.07. The molecule has 0 aliphatic heterocycles. The highest BCUT2D eigenvalue weighted by molar-refractivity contribution is 7.89. The van der Waals surface area contributed by atoms with Crippen LogP contribution in [0.3, 0.4) is 0 Å². The van der Waals surface area contributed by atoms with Crippen LogP contribution >= 0.6 is 0 Å². The number of para-hydroxylation sites is 1. The van der Waals surface area contributed by atoms with Crippen LogP contribution in [0.4, 0.5) is 0 Å². The van der Waals surface area contributed by atoms with Crippen LogP contribution in [0, 0.1) is 6.92 Å². The lowest BCUT2D eigenvalue weighted by Gasteiger charge is -2.21. The molecule has 1 N–H and O–H groups in total. The smallest absolute Gasteiger partial charge is 0.255 e. The molecule has 0 aliphatic rings. The van der Waals surface area contributed by atoms with E-state index in [1.807, 2.05) is 68.4 Å². The monoisotopic (exact) mass is 479 g/mol. The number of rotatable bonds is 11. The van der Waals surface area contributed by atoms with E-state index in [0.29, 0.717) is 24.3 Å². The number of hydrogen-bond acceptors (Lipinski definition) is 5. The van der Waals surface area contributed by atoms with E-state index in [2.05, 4.69) is 10.5 Å². The van der Waals surface area contributed by atoms with Crippen molar-refractivity contribution < 1.29 is 17.9 Å². The van der Waals surface area contributed by atoms with Gasteiger partial charge in [-0.2, -0.15) is 9.41 Å². The molecule has 8 heteroatoms. The fraction of sp³-hybridized carbons (Fsp3) is 0.231. The molecule has 1 amide bonds. The second kappa shape index (κ2) is 12.1. The van der Waals surface area contributed by atoms with Crippen LogP contribution in [0.2, 0.25) is 0 Å². The molecule has 0 saturated heterocycles. The Kier molecular flexibility index (Phi) is 8.95. The van der Waals surface area contributed by atoms with Crippen molar-refractivity contribution in [3.05, 3.63) is 95.6 Å². The van der Waals surface area contributed by atoms with Gasteiger partial charge in [-0.1, -0.05) is 60.2 Å². The molecule has 3 aromatic rings. The first-order valence-corrected chi connectivity index (χ1v) is 12.5. The van der Waals surface area contributed by atoms with Gasteiger partial charge in [-0.3, -0.25) is 4.79 Å². The summed E-state index contributed by atoms with van der Waals surface area (Å²) < 4.78 is 33.3. The normalized spacial score (nSPS) is 11.6. The van der Waals surface area contributed by atoms with Gasteiger partial charge in [-0.25, -0.2) is 13.8 Å². The van der Waals surface area contributed by atoms with E-state index in [9.17, 15) is 13.2 Å². The number of ether oxygens (including phenoxy) is 1. The largest absolute Gasteiger partial charge is 0.493 e. The molecule has 0 aliphatic carbocycles.